The van der Waals surface area contributed by atoms with Gasteiger partial charge in [0, 0.05) is 41.0 Å². The highest BCUT2D eigenvalue weighted by Crippen LogP contribution is 2.29. The predicted molar refractivity (Wildman–Crippen MR) is 139 cm³/mol. The molecule has 0 aliphatic heterocycles. The number of fused-ring (bicyclic) bond motifs is 4. The smallest absolute Gasteiger partial charge is 0.212 e. The monoisotopic (exact) mass is 410 g/mol. The van der Waals surface area contributed by atoms with Crippen molar-refractivity contribution in [2.45, 2.75) is 21.3 Å². The maximum atomic E-state index is 2.29. The first-order chi connectivity index (χ1) is 14.2. The maximum Gasteiger partial charge on any atom is 0.212 e. The molecule has 31 heavy (non-hydrogen) atoms. The topological polar surface area (TPSA) is 8.81 Å². The number of pyridine rings is 1. The van der Waals surface area contributed by atoms with Crippen molar-refractivity contribution in [3.63, 3.8) is 0 Å². The quantitative estimate of drug-likeness (QED) is 0.209. The van der Waals surface area contributed by atoms with Crippen LogP contribution in [0.5, 0.6) is 0 Å². The molecule has 2 heteroatoms. The van der Waals surface area contributed by atoms with Gasteiger partial charge in [-0.15, -0.1) is 0 Å². The van der Waals surface area contributed by atoms with Crippen LogP contribution >= 0.6 is 0 Å². The molecule has 0 spiro atoms. The van der Waals surface area contributed by atoms with Gasteiger partial charge in [-0.05, 0) is 35.4 Å². The van der Waals surface area contributed by atoms with E-state index in [0.717, 1.165) is 0 Å². The Kier molecular flexibility index (Phi) is 7.77. The molecule has 0 aliphatic carbocycles. The van der Waals surface area contributed by atoms with Crippen LogP contribution in [-0.4, -0.2) is 4.57 Å². The Morgan fingerprint density at radius 3 is 2.16 bits per heavy atom. The van der Waals surface area contributed by atoms with E-state index in [-0.39, 0.29) is 14.9 Å². The van der Waals surface area contributed by atoms with Gasteiger partial charge in [0.25, 0.3) is 0 Å². The van der Waals surface area contributed by atoms with E-state index in [9.17, 15) is 0 Å². The van der Waals surface area contributed by atoms with E-state index in [2.05, 4.69) is 114 Å². The molecular weight excluding hydrogens is 376 g/mol. The number of aromatic nitrogens is 2. The molecular formula is C29H34N2. The number of hydrogen-bond donors (Lipinski definition) is 0. The van der Waals surface area contributed by atoms with Crippen LogP contribution in [0.15, 0.2) is 79.0 Å². The normalized spacial score (nSPS) is 10.6. The zero-order chi connectivity index (χ0) is 20.4. The lowest BCUT2D eigenvalue weighted by Crippen LogP contribution is -2.28. The summed E-state index contributed by atoms with van der Waals surface area (Å²) in [6, 6.07) is 26.0. The van der Waals surface area contributed by atoms with Gasteiger partial charge in [0.1, 0.15) is 7.05 Å². The summed E-state index contributed by atoms with van der Waals surface area (Å²) >= 11 is 0. The molecule has 5 rings (SSSR count). The minimum absolute atomic E-state index is 0. The molecule has 160 valence electrons. The van der Waals surface area contributed by atoms with Crippen molar-refractivity contribution in [2.24, 2.45) is 14.1 Å². The molecule has 0 unspecified atom stereocenters. The lowest BCUT2D eigenvalue weighted by molar-refractivity contribution is -0.644. The maximum absolute atomic E-state index is 2.29. The molecule has 0 amide bonds. The number of para-hydroxylation sites is 2. The minimum atomic E-state index is 0. The molecule has 0 N–H and O–H groups in total. The highest BCUT2D eigenvalue weighted by Gasteiger charge is 2.08. The zero-order valence-corrected chi connectivity index (χ0v) is 18.6. The third-order valence-electron chi connectivity index (χ3n) is 5.47. The van der Waals surface area contributed by atoms with Crippen molar-refractivity contribution < 1.29 is 4.57 Å². The lowest BCUT2D eigenvalue weighted by Gasteiger charge is -2.01. The molecule has 3 aromatic carbocycles. The second-order valence-electron chi connectivity index (χ2n) is 7.09. The highest BCUT2D eigenvalue weighted by molar-refractivity contribution is 6.08. The Labute approximate surface area is 187 Å². The number of aryl methyl sites for hydroxylation is 2. The molecule has 2 nitrogen and oxygen atoms in total. The van der Waals surface area contributed by atoms with E-state index in [0.29, 0.717) is 0 Å². The molecule has 5 aromatic rings. The van der Waals surface area contributed by atoms with Gasteiger partial charge >= 0.3 is 0 Å². The fourth-order valence-corrected chi connectivity index (χ4v) is 4.01. The first-order valence-electron chi connectivity index (χ1n) is 10.2. The molecule has 0 radical (unpaired) electrons. The van der Waals surface area contributed by atoms with Gasteiger partial charge in [-0.2, -0.15) is 0 Å². The van der Waals surface area contributed by atoms with Crippen LogP contribution in [0.2, 0.25) is 0 Å². The van der Waals surface area contributed by atoms with Crippen molar-refractivity contribution in [1.29, 1.82) is 0 Å². The molecule has 0 aliphatic rings. The fraction of sp³-hybridized carbons (Fsp3) is 0.172. The summed E-state index contributed by atoms with van der Waals surface area (Å²) in [7, 11) is 4.22. The summed E-state index contributed by atoms with van der Waals surface area (Å²) in [6.07, 6.45) is 6.55. The Morgan fingerprint density at radius 1 is 0.742 bits per heavy atom. The lowest BCUT2D eigenvalue weighted by atomic mass is 10.1. The molecule has 0 bridgehead atoms. The van der Waals surface area contributed by atoms with Crippen LogP contribution in [0.4, 0.5) is 0 Å². The van der Waals surface area contributed by atoms with Crippen molar-refractivity contribution >= 4 is 44.9 Å². The first kappa shape index (κ1) is 23.9. The van der Waals surface area contributed by atoms with E-state index in [1.165, 1.54) is 43.8 Å². The summed E-state index contributed by atoms with van der Waals surface area (Å²) in [5.74, 6) is 0. The van der Waals surface area contributed by atoms with Gasteiger partial charge in [-0.25, -0.2) is 4.57 Å². The van der Waals surface area contributed by atoms with Crippen LogP contribution in [-0.2, 0) is 14.1 Å². The van der Waals surface area contributed by atoms with Gasteiger partial charge < -0.3 is 12.0 Å². The Balaban J connectivity index is 0.000000830. The summed E-state index contributed by atoms with van der Waals surface area (Å²) in [4.78, 5) is 0. The summed E-state index contributed by atoms with van der Waals surface area (Å²) in [6.45, 7) is 4.00. The van der Waals surface area contributed by atoms with Crippen molar-refractivity contribution in [3.05, 3.63) is 97.5 Å². The average molecular weight is 411 g/mol. The van der Waals surface area contributed by atoms with Crippen LogP contribution in [0, 0.1) is 7.43 Å². The Hall–Kier alpha value is -3.39. The zero-order valence-electron chi connectivity index (χ0n) is 18.6. The second-order valence-corrected chi connectivity index (χ2v) is 7.09. The SMILES string of the molecule is C.CC.Cn1c2ccccc2c2cc(/C=C/c3cc[n+](C)c4ccccc34)ccc21.[CH3-]. The van der Waals surface area contributed by atoms with E-state index < -0.39 is 0 Å². The van der Waals surface area contributed by atoms with E-state index >= 15 is 0 Å². The molecule has 0 fully saturated rings. The number of hydrogen-bond acceptors (Lipinski definition) is 0. The molecule has 0 saturated heterocycles. The Bertz CT molecular complexity index is 1340. The van der Waals surface area contributed by atoms with Crippen LogP contribution < -0.4 is 4.57 Å². The fourth-order valence-electron chi connectivity index (χ4n) is 4.01. The third-order valence-corrected chi connectivity index (χ3v) is 5.47. The largest absolute Gasteiger partial charge is 0.358 e. The Morgan fingerprint density at radius 2 is 1.39 bits per heavy atom. The predicted octanol–water partition coefficient (Wildman–Crippen LogP) is 7.59. The summed E-state index contributed by atoms with van der Waals surface area (Å²) in [5.41, 5.74) is 6.24. The molecule has 2 aromatic heterocycles. The van der Waals surface area contributed by atoms with Crippen LogP contribution in [0.3, 0.4) is 0 Å². The van der Waals surface area contributed by atoms with Gasteiger partial charge in [0.2, 0.25) is 5.52 Å². The molecule has 0 atom stereocenters. The minimum Gasteiger partial charge on any atom is -0.358 e. The molecule has 0 saturated carbocycles. The number of rotatable bonds is 2. The van der Waals surface area contributed by atoms with Gasteiger partial charge in [0.15, 0.2) is 6.20 Å². The van der Waals surface area contributed by atoms with Gasteiger partial charge in [-0.3, -0.25) is 0 Å². The van der Waals surface area contributed by atoms with E-state index in [4.69, 9.17) is 0 Å². The van der Waals surface area contributed by atoms with E-state index in [1.54, 1.807) is 0 Å². The summed E-state index contributed by atoms with van der Waals surface area (Å²) < 4.78 is 4.43. The van der Waals surface area contributed by atoms with Gasteiger partial charge in [-0.1, -0.05) is 69.8 Å². The number of nitrogens with zero attached hydrogens (tertiary/aromatic N) is 2. The summed E-state index contributed by atoms with van der Waals surface area (Å²) in [5, 5.41) is 3.88. The average Bonchev–Trinajstić information content (AvgIpc) is 3.07. The third kappa shape index (κ3) is 4.25. The van der Waals surface area contributed by atoms with Crippen LogP contribution in [0.1, 0.15) is 32.4 Å². The van der Waals surface area contributed by atoms with Crippen molar-refractivity contribution in [2.75, 3.05) is 0 Å². The van der Waals surface area contributed by atoms with Crippen molar-refractivity contribution in [1.82, 2.24) is 4.57 Å². The second kappa shape index (κ2) is 10.1. The first-order valence-corrected chi connectivity index (χ1v) is 10.2. The standard InChI is InChI=1S/C25H21N2.C2H6.CH4.CH3/c1-26-16-15-19(20-7-3-5-9-23(20)26)13-11-18-12-14-25-22(17-18)21-8-4-6-10-24(21)27(25)2;1-2;;/h3-17H,1-2H3;1-2H3;1H4;1H3/q+1;;;-1. The number of benzene rings is 3. The molecule has 2 heterocycles. The van der Waals surface area contributed by atoms with Crippen molar-refractivity contribution in [3.8, 4) is 0 Å². The van der Waals surface area contributed by atoms with Gasteiger partial charge in [0.05, 0.1) is 5.39 Å². The van der Waals surface area contributed by atoms with E-state index in [1.807, 2.05) is 13.8 Å². The van der Waals surface area contributed by atoms with Crippen LogP contribution in [0.25, 0.3) is 44.9 Å². The highest BCUT2D eigenvalue weighted by atomic mass is 14.9.